The number of nitrogens with one attached hydrogen (secondary N) is 2. The summed E-state index contributed by atoms with van der Waals surface area (Å²) in [4.78, 5) is 23.9. The number of amides is 3. The first kappa shape index (κ1) is 10.6. The molecule has 0 saturated carbocycles. The van der Waals surface area contributed by atoms with E-state index >= 15 is 0 Å². The van der Waals surface area contributed by atoms with Crippen LogP contribution in [0, 0.1) is 0 Å². The fraction of sp³-hybridized carbons (Fsp3) is 0.556. The van der Waals surface area contributed by atoms with Crippen molar-refractivity contribution in [3.05, 3.63) is 11.8 Å². The van der Waals surface area contributed by atoms with Gasteiger partial charge < -0.3 is 10.6 Å². The summed E-state index contributed by atoms with van der Waals surface area (Å²) in [6.07, 6.45) is 1.58. The van der Waals surface area contributed by atoms with Crippen LogP contribution in [0.5, 0.6) is 0 Å². The van der Waals surface area contributed by atoms with Crippen LogP contribution < -0.4 is 10.6 Å². The summed E-state index contributed by atoms with van der Waals surface area (Å²) >= 11 is 0. The van der Waals surface area contributed by atoms with Crippen LogP contribution in [-0.4, -0.2) is 36.5 Å². The first-order chi connectivity index (χ1) is 6.65. The molecule has 0 unspecified atom stereocenters. The van der Waals surface area contributed by atoms with Gasteiger partial charge >= 0.3 is 6.03 Å². The zero-order valence-corrected chi connectivity index (χ0v) is 8.46. The standard InChI is InChI=1S/C9H15N3O2/c1-3-10-8(13)7(2)6-12-5-4-11-9(12)14/h6H,3-5H2,1-2H3,(H,10,13)(H,11,14). The molecule has 1 rings (SSSR count). The third-order valence-electron chi connectivity index (χ3n) is 1.93. The van der Waals surface area contributed by atoms with Crippen LogP contribution in [0.2, 0.25) is 0 Å². The van der Waals surface area contributed by atoms with Gasteiger partial charge in [0.1, 0.15) is 0 Å². The van der Waals surface area contributed by atoms with Crippen LogP contribution in [-0.2, 0) is 4.79 Å². The van der Waals surface area contributed by atoms with Gasteiger partial charge in [-0.1, -0.05) is 0 Å². The molecule has 1 aliphatic heterocycles. The summed E-state index contributed by atoms with van der Waals surface area (Å²) < 4.78 is 0. The third-order valence-corrected chi connectivity index (χ3v) is 1.93. The highest BCUT2D eigenvalue weighted by molar-refractivity contribution is 5.93. The molecule has 5 heteroatoms. The monoisotopic (exact) mass is 197 g/mol. The molecule has 0 aromatic carbocycles. The lowest BCUT2D eigenvalue weighted by molar-refractivity contribution is -0.117. The van der Waals surface area contributed by atoms with Gasteiger partial charge in [-0.15, -0.1) is 0 Å². The van der Waals surface area contributed by atoms with Gasteiger partial charge in [-0.3, -0.25) is 9.69 Å². The zero-order chi connectivity index (χ0) is 10.6. The molecular weight excluding hydrogens is 182 g/mol. The Morgan fingerprint density at radius 1 is 1.71 bits per heavy atom. The van der Waals surface area contributed by atoms with E-state index in [-0.39, 0.29) is 11.9 Å². The van der Waals surface area contributed by atoms with Crippen molar-refractivity contribution in [3.63, 3.8) is 0 Å². The summed E-state index contributed by atoms with van der Waals surface area (Å²) in [5.74, 6) is -0.132. The highest BCUT2D eigenvalue weighted by Gasteiger charge is 2.18. The Bertz CT molecular complexity index is 273. The lowest BCUT2D eigenvalue weighted by Crippen LogP contribution is -2.27. The average Bonchev–Trinajstić information content (AvgIpc) is 2.52. The summed E-state index contributed by atoms with van der Waals surface area (Å²) in [5.41, 5.74) is 0.545. The average molecular weight is 197 g/mol. The lowest BCUT2D eigenvalue weighted by atomic mass is 10.3. The molecule has 0 aliphatic carbocycles. The second kappa shape index (κ2) is 4.64. The number of likely N-dealkylation sites (N-methyl/N-ethyl adjacent to an activating group) is 1. The van der Waals surface area contributed by atoms with Crippen molar-refractivity contribution in [1.29, 1.82) is 0 Å². The maximum atomic E-state index is 11.3. The Morgan fingerprint density at radius 2 is 2.43 bits per heavy atom. The number of carbonyl (C=O) groups excluding carboxylic acids is 2. The molecule has 0 aromatic heterocycles. The minimum atomic E-state index is -0.145. The van der Waals surface area contributed by atoms with E-state index in [4.69, 9.17) is 0 Å². The van der Waals surface area contributed by atoms with Crippen LogP contribution in [0.3, 0.4) is 0 Å². The van der Waals surface area contributed by atoms with Gasteiger partial charge in [0.15, 0.2) is 0 Å². The molecule has 1 aliphatic rings. The largest absolute Gasteiger partial charge is 0.353 e. The predicted octanol–water partition coefficient (Wildman–Crippen LogP) is 0.0515. The molecule has 3 amide bonds. The van der Waals surface area contributed by atoms with Crippen molar-refractivity contribution < 1.29 is 9.59 Å². The van der Waals surface area contributed by atoms with E-state index in [1.165, 1.54) is 4.90 Å². The van der Waals surface area contributed by atoms with E-state index in [1.54, 1.807) is 13.1 Å². The normalized spacial score (nSPS) is 16.9. The first-order valence-electron chi connectivity index (χ1n) is 4.66. The Labute approximate surface area is 83.1 Å². The topological polar surface area (TPSA) is 61.4 Å². The molecule has 14 heavy (non-hydrogen) atoms. The predicted molar refractivity (Wildman–Crippen MR) is 52.5 cm³/mol. The molecule has 1 heterocycles. The molecule has 5 nitrogen and oxygen atoms in total. The summed E-state index contributed by atoms with van der Waals surface area (Å²) in [5, 5.41) is 5.33. The third kappa shape index (κ3) is 2.48. The molecule has 2 N–H and O–H groups in total. The summed E-state index contributed by atoms with van der Waals surface area (Å²) in [6, 6.07) is -0.145. The van der Waals surface area contributed by atoms with Crippen molar-refractivity contribution in [1.82, 2.24) is 15.5 Å². The summed E-state index contributed by atoms with van der Waals surface area (Å²) in [7, 11) is 0. The fourth-order valence-electron chi connectivity index (χ4n) is 1.20. The van der Waals surface area contributed by atoms with E-state index in [9.17, 15) is 9.59 Å². The molecule has 78 valence electrons. The minimum absolute atomic E-state index is 0.132. The second-order valence-electron chi connectivity index (χ2n) is 3.10. The summed E-state index contributed by atoms with van der Waals surface area (Å²) in [6.45, 7) is 5.40. The van der Waals surface area contributed by atoms with E-state index < -0.39 is 0 Å². The zero-order valence-electron chi connectivity index (χ0n) is 8.46. The molecule has 0 bridgehead atoms. The number of nitrogens with zero attached hydrogens (tertiary/aromatic N) is 1. The molecule has 0 aromatic rings. The van der Waals surface area contributed by atoms with E-state index in [0.29, 0.717) is 25.2 Å². The van der Waals surface area contributed by atoms with Gasteiger partial charge in [-0.05, 0) is 13.8 Å². The van der Waals surface area contributed by atoms with Crippen molar-refractivity contribution in [3.8, 4) is 0 Å². The molecule has 0 radical (unpaired) electrons. The van der Waals surface area contributed by atoms with Crippen molar-refractivity contribution in [2.75, 3.05) is 19.6 Å². The van der Waals surface area contributed by atoms with Gasteiger partial charge in [0.25, 0.3) is 0 Å². The van der Waals surface area contributed by atoms with Crippen LogP contribution in [0.25, 0.3) is 0 Å². The lowest BCUT2D eigenvalue weighted by Gasteiger charge is -2.09. The number of hydrogen-bond acceptors (Lipinski definition) is 2. The molecule has 0 spiro atoms. The SMILES string of the molecule is CCNC(=O)C(C)=CN1CCNC1=O. The van der Waals surface area contributed by atoms with Crippen molar-refractivity contribution in [2.45, 2.75) is 13.8 Å². The van der Waals surface area contributed by atoms with Gasteiger partial charge in [0.05, 0.1) is 0 Å². The van der Waals surface area contributed by atoms with Gasteiger partial charge in [-0.2, -0.15) is 0 Å². The number of hydrogen-bond donors (Lipinski definition) is 2. The molecular formula is C9H15N3O2. The smallest absolute Gasteiger partial charge is 0.321 e. The molecule has 0 atom stereocenters. The number of carbonyl (C=O) groups is 2. The molecule has 1 fully saturated rings. The van der Waals surface area contributed by atoms with Gasteiger partial charge in [0.2, 0.25) is 5.91 Å². The molecule has 1 saturated heterocycles. The van der Waals surface area contributed by atoms with Crippen LogP contribution in [0.4, 0.5) is 4.79 Å². The minimum Gasteiger partial charge on any atom is -0.353 e. The van der Waals surface area contributed by atoms with Crippen LogP contribution >= 0.6 is 0 Å². The van der Waals surface area contributed by atoms with Crippen molar-refractivity contribution >= 4 is 11.9 Å². The van der Waals surface area contributed by atoms with Gasteiger partial charge in [0, 0.05) is 31.4 Å². The fourth-order valence-corrected chi connectivity index (χ4v) is 1.20. The second-order valence-corrected chi connectivity index (χ2v) is 3.10. The van der Waals surface area contributed by atoms with E-state index in [1.807, 2.05) is 6.92 Å². The highest BCUT2D eigenvalue weighted by atomic mass is 16.2. The Morgan fingerprint density at radius 3 is 2.93 bits per heavy atom. The number of urea groups is 1. The van der Waals surface area contributed by atoms with Crippen LogP contribution in [0.1, 0.15) is 13.8 Å². The van der Waals surface area contributed by atoms with Gasteiger partial charge in [-0.25, -0.2) is 4.79 Å². The Hall–Kier alpha value is -1.52. The van der Waals surface area contributed by atoms with Crippen molar-refractivity contribution in [2.24, 2.45) is 0 Å². The Balaban J connectivity index is 2.58. The first-order valence-corrected chi connectivity index (χ1v) is 4.66. The Kier molecular flexibility index (Phi) is 3.50. The van der Waals surface area contributed by atoms with Crippen LogP contribution in [0.15, 0.2) is 11.8 Å². The maximum Gasteiger partial charge on any atom is 0.321 e. The number of rotatable bonds is 3. The maximum absolute atomic E-state index is 11.3. The van der Waals surface area contributed by atoms with E-state index in [2.05, 4.69) is 10.6 Å². The highest BCUT2D eigenvalue weighted by Crippen LogP contribution is 2.02. The quantitative estimate of drug-likeness (QED) is 0.628. The van der Waals surface area contributed by atoms with E-state index in [0.717, 1.165) is 0 Å².